The molecule has 0 N–H and O–H groups in total. The van der Waals surface area contributed by atoms with E-state index in [9.17, 15) is 4.79 Å². The Labute approximate surface area is 126 Å². The van der Waals surface area contributed by atoms with Crippen molar-refractivity contribution in [3.8, 4) is 0 Å². The largest absolute Gasteiger partial charge is 0.359 e. The predicted octanol–water partition coefficient (Wildman–Crippen LogP) is 1.75. The van der Waals surface area contributed by atoms with Crippen LogP contribution in [0, 0.1) is 5.92 Å². The van der Waals surface area contributed by atoms with Gasteiger partial charge in [-0.2, -0.15) is 0 Å². The average molecular weight is 288 g/mol. The molecule has 2 aliphatic heterocycles. The molecular formula is C17H24N2O2. The molecule has 1 amide bonds. The zero-order chi connectivity index (χ0) is 14.8. The molecule has 0 bridgehead atoms. The molecule has 0 aliphatic carbocycles. The molecule has 2 heterocycles. The molecule has 2 aliphatic rings. The summed E-state index contributed by atoms with van der Waals surface area (Å²) in [6.45, 7) is 8.70. The molecule has 0 unspecified atom stereocenters. The lowest BCUT2D eigenvalue weighted by atomic mass is 10.1. The number of carbonyl (C=O) groups is 1. The Hall–Kier alpha value is -1.39. The van der Waals surface area contributed by atoms with Crippen LogP contribution in [0.3, 0.4) is 0 Å². The van der Waals surface area contributed by atoms with E-state index >= 15 is 0 Å². The number of epoxide rings is 1. The molecule has 1 aromatic rings. The molecule has 4 nitrogen and oxygen atoms in total. The Morgan fingerprint density at radius 1 is 1.19 bits per heavy atom. The summed E-state index contributed by atoms with van der Waals surface area (Å²) in [7, 11) is 0. The quantitative estimate of drug-likeness (QED) is 0.792. The fourth-order valence-corrected chi connectivity index (χ4v) is 2.98. The second-order valence-corrected chi connectivity index (χ2v) is 6.35. The first-order valence-electron chi connectivity index (χ1n) is 7.85. The maximum absolute atomic E-state index is 12.3. The normalized spacial score (nSPS) is 26.1. The van der Waals surface area contributed by atoms with E-state index in [0.717, 1.165) is 32.7 Å². The Morgan fingerprint density at radius 2 is 1.86 bits per heavy atom. The van der Waals surface area contributed by atoms with Crippen molar-refractivity contribution < 1.29 is 9.53 Å². The molecule has 2 fully saturated rings. The number of hydrogen-bond donors (Lipinski definition) is 0. The van der Waals surface area contributed by atoms with Gasteiger partial charge in [-0.05, 0) is 11.5 Å². The summed E-state index contributed by atoms with van der Waals surface area (Å²) in [6, 6.07) is 10.5. The first-order valence-corrected chi connectivity index (χ1v) is 7.85. The van der Waals surface area contributed by atoms with Crippen LogP contribution < -0.4 is 0 Å². The van der Waals surface area contributed by atoms with Crippen LogP contribution in [0.5, 0.6) is 0 Å². The summed E-state index contributed by atoms with van der Waals surface area (Å²) >= 11 is 0. The maximum atomic E-state index is 12.3. The molecule has 0 radical (unpaired) electrons. The van der Waals surface area contributed by atoms with Crippen molar-refractivity contribution in [1.29, 1.82) is 0 Å². The summed E-state index contributed by atoms with van der Waals surface area (Å²) in [4.78, 5) is 16.7. The number of benzene rings is 1. The monoisotopic (exact) mass is 288 g/mol. The number of ether oxygens (including phenoxy) is 1. The highest BCUT2D eigenvalue weighted by molar-refractivity contribution is 5.84. The molecule has 0 spiro atoms. The van der Waals surface area contributed by atoms with Crippen LogP contribution in [0.25, 0.3) is 0 Å². The number of nitrogens with zero attached hydrogens (tertiary/aromatic N) is 2. The van der Waals surface area contributed by atoms with Gasteiger partial charge in [0, 0.05) is 32.7 Å². The van der Waals surface area contributed by atoms with Crippen molar-refractivity contribution >= 4 is 5.91 Å². The predicted molar refractivity (Wildman–Crippen MR) is 81.8 cm³/mol. The fraction of sp³-hybridized carbons (Fsp3) is 0.588. The third kappa shape index (κ3) is 3.44. The molecule has 2 saturated heterocycles. The van der Waals surface area contributed by atoms with E-state index in [-0.39, 0.29) is 18.1 Å². The number of hydrogen-bond acceptors (Lipinski definition) is 3. The molecule has 1 aromatic carbocycles. The van der Waals surface area contributed by atoms with Gasteiger partial charge in [0.05, 0.1) is 6.10 Å². The second kappa shape index (κ2) is 6.16. The molecular weight excluding hydrogens is 264 g/mol. The van der Waals surface area contributed by atoms with Crippen molar-refractivity contribution in [2.75, 3.05) is 26.2 Å². The van der Waals surface area contributed by atoms with Crippen LogP contribution >= 0.6 is 0 Å². The zero-order valence-corrected chi connectivity index (χ0v) is 12.9. The van der Waals surface area contributed by atoms with Crippen molar-refractivity contribution in [2.45, 2.75) is 32.6 Å². The van der Waals surface area contributed by atoms with Gasteiger partial charge in [-0.3, -0.25) is 9.69 Å². The maximum Gasteiger partial charge on any atom is 0.254 e. The number of piperazine rings is 1. The van der Waals surface area contributed by atoms with Gasteiger partial charge in [-0.25, -0.2) is 0 Å². The van der Waals surface area contributed by atoms with E-state index in [1.165, 1.54) is 5.56 Å². The lowest BCUT2D eigenvalue weighted by Gasteiger charge is -2.34. The molecule has 4 heteroatoms. The molecule has 0 aromatic heterocycles. The van der Waals surface area contributed by atoms with Crippen LogP contribution in [0.4, 0.5) is 0 Å². The van der Waals surface area contributed by atoms with Gasteiger partial charge < -0.3 is 9.64 Å². The highest BCUT2D eigenvalue weighted by Gasteiger charge is 2.48. The van der Waals surface area contributed by atoms with Gasteiger partial charge in [0.25, 0.3) is 5.91 Å². The number of carbonyl (C=O) groups excluding carboxylic acids is 1. The van der Waals surface area contributed by atoms with Gasteiger partial charge in [0.1, 0.15) is 0 Å². The molecule has 0 saturated carbocycles. The van der Waals surface area contributed by atoms with E-state index in [1.54, 1.807) is 0 Å². The topological polar surface area (TPSA) is 36.1 Å². The van der Waals surface area contributed by atoms with Crippen molar-refractivity contribution in [2.24, 2.45) is 5.92 Å². The van der Waals surface area contributed by atoms with E-state index in [0.29, 0.717) is 5.92 Å². The van der Waals surface area contributed by atoms with E-state index in [2.05, 4.69) is 43.0 Å². The number of amides is 1. The van der Waals surface area contributed by atoms with Gasteiger partial charge in [-0.1, -0.05) is 44.2 Å². The smallest absolute Gasteiger partial charge is 0.254 e. The minimum atomic E-state index is -0.175. The van der Waals surface area contributed by atoms with Crippen LogP contribution in [0.2, 0.25) is 0 Å². The third-order valence-corrected chi connectivity index (χ3v) is 4.36. The van der Waals surface area contributed by atoms with E-state index in [1.807, 2.05) is 11.0 Å². The Bertz CT molecular complexity index is 481. The lowest BCUT2D eigenvalue weighted by Crippen LogP contribution is -2.49. The van der Waals surface area contributed by atoms with Gasteiger partial charge >= 0.3 is 0 Å². The minimum Gasteiger partial charge on any atom is -0.359 e. The molecule has 2 atom stereocenters. The Balaban J connectivity index is 1.46. The summed E-state index contributed by atoms with van der Waals surface area (Å²) < 4.78 is 5.51. The van der Waals surface area contributed by atoms with Crippen LogP contribution in [-0.4, -0.2) is 54.1 Å². The Kier molecular flexibility index (Phi) is 4.27. The first kappa shape index (κ1) is 14.5. The summed E-state index contributed by atoms with van der Waals surface area (Å²) in [5.41, 5.74) is 1.34. The van der Waals surface area contributed by atoms with Crippen LogP contribution in [-0.2, 0) is 16.1 Å². The van der Waals surface area contributed by atoms with Crippen LogP contribution in [0.15, 0.2) is 30.3 Å². The van der Waals surface area contributed by atoms with Gasteiger partial charge in [-0.15, -0.1) is 0 Å². The highest BCUT2D eigenvalue weighted by atomic mass is 16.6. The molecule has 3 rings (SSSR count). The SMILES string of the molecule is CC(C)[C@H]1O[C@@H]1C(=O)N1CCN(Cc2ccccc2)CC1. The van der Waals surface area contributed by atoms with E-state index in [4.69, 9.17) is 4.74 Å². The second-order valence-electron chi connectivity index (χ2n) is 6.35. The van der Waals surface area contributed by atoms with Crippen molar-refractivity contribution in [3.05, 3.63) is 35.9 Å². The van der Waals surface area contributed by atoms with Crippen LogP contribution in [0.1, 0.15) is 19.4 Å². The standard InChI is InChI=1S/C17H24N2O2/c1-13(2)15-16(21-15)17(20)19-10-8-18(9-11-19)12-14-6-4-3-5-7-14/h3-7,13,15-16H,8-12H2,1-2H3/t15-,16+/m1/s1. The highest BCUT2D eigenvalue weighted by Crippen LogP contribution is 2.31. The van der Waals surface area contributed by atoms with Crippen molar-refractivity contribution in [3.63, 3.8) is 0 Å². The summed E-state index contributed by atoms with van der Waals surface area (Å²) in [5, 5.41) is 0. The lowest BCUT2D eigenvalue weighted by molar-refractivity contribution is -0.134. The Morgan fingerprint density at radius 3 is 2.43 bits per heavy atom. The van der Waals surface area contributed by atoms with Gasteiger partial charge in [0.2, 0.25) is 0 Å². The third-order valence-electron chi connectivity index (χ3n) is 4.36. The first-order chi connectivity index (χ1) is 10.1. The minimum absolute atomic E-state index is 0.139. The molecule has 114 valence electrons. The summed E-state index contributed by atoms with van der Waals surface area (Å²) in [5.74, 6) is 0.617. The molecule has 21 heavy (non-hydrogen) atoms. The van der Waals surface area contributed by atoms with Crippen molar-refractivity contribution in [1.82, 2.24) is 9.80 Å². The number of rotatable bonds is 4. The van der Waals surface area contributed by atoms with Gasteiger partial charge in [0.15, 0.2) is 6.10 Å². The average Bonchev–Trinajstić information content (AvgIpc) is 3.29. The zero-order valence-electron chi connectivity index (χ0n) is 12.9. The van der Waals surface area contributed by atoms with E-state index < -0.39 is 0 Å². The summed E-state index contributed by atoms with van der Waals surface area (Å²) in [6.07, 6.45) is -0.0366. The fourth-order valence-electron chi connectivity index (χ4n) is 2.98.